The van der Waals surface area contributed by atoms with Crippen LogP contribution in [0.2, 0.25) is 5.02 Å². The van der Waals surface area contributed by atoms with Crippen molar-refractivity contribution in [3.63, 3.8) is 0 Å². The molecule has 0 aliphatic carbocycles. The van der Waals surface area contributed by atoms with Crippen LogP contribution in [0.4, 0.5) is 0 Å². The van der Waals surface area contributed by atoms with Gasteiger partial charge >= 0.3 is 0 Å². The summed E-state index contributed by atoms with van der Waals surface area (Å²) >= 11 is 10.1. The van der Waals surface area contributed by atoms with Gasteiger partial charge in [-0.05, 0) is 28.9 Å². The number of nitrogens with zero attached hydrogens (tertiary/aromatic N) is 2. The molecular weight excluding hydrogens is 374 g/mol. The Bertz CT molecular complexity index is 689. The highest BCUT2D eigenvalue weighted by molar-refractivity contribution is 9.11. The van der Waals surface area contributed by atoms with E-state index < -0.39 is 10.0 Å². The summed E-state index contributed by atoms with van der Waals surface area (Å²) in [5, 5.41) is 4.55. The third-order valence-electron chi connectivity index (χ3n) is 2.46. The molecule has 19 heavy (non-hydrogen) atoms. The van der Waals surface area contributed by atoms with Crippen LogP contribution in [0.15, 0.2) is 20.3 Å². The van der Waals surface area contributed by atoms with Gasteiger partial charge in [0, 0.05) is 25.4 Å². The summed E-state index contributed by atoms with van der Waals surface area (Å²) in [6, 6.07) is 1.43. The molecule has 2 aromatic heterocycles. The molecule has 0 aromatic carbocycles. The second-order valence-electron chi connectivity index (χ2n) is 3.93. The maximum atomic E-state index is 12.1. The summed E-state index contributed by atoms with van der Waals surface area (Å²) in [6.07, 6.45) is 1.79. The van der Waals surface area contributed by atoms with Crippen LogP contribution in [0, 0.1) is 6.92 Å². The molecule has 1 N–H and O–H groups in total. The summed E-state index contributed by atoms with van der Waals surface area (Å²) in [7, 11) is -1.76. The average Bonchev–Trinajstić information content (AvgIpc) is 2.81. The molecule has 0 aliphatic heterocycles. The lowest BCUT2D eigenvalue weighted by atomic mass is 10.3. The van der Waals surface area contributed by atoms with Crippen LogP contribution in [0.3, 0.4) is 0 Å². The Morgan fingerprint density at radius 2 is 2.26 bits per heavy atom. The summed E-state index contributed by atoms with van der Waals surface area (Å²) in [5.41, 5.74) is 1.64. The lowest BCUT2D eigenvalue weighted by molar-refractivity contribution is 0.583. The highest BCUT2D eigenvalue weighted by Crippen LogP contribution is 2.34. The van der Waals surface area contributed by atoms with Crippen molar-refractivity contribution in [3.8, 4) is 0 Å². The number of aryl methyl sites for hydroxylation is 2. The Morgan fingerprint density at radius 1 is 1.58 bits per heavy atom. The molecule has 0 radical (unpaired) electrons. The molecule has 0 spiro atoms. The SMILES string of the molecule is Cc1nn(C)cc1CNS(=O)(=O)c1cc(Cl)c(Br)s1. The zero-order chi connectivity index (χ0) is 14.2. The first-order valence-electron chi connectivity index (χ1n) is 5.23. The number of sulfonamides is 1. The van der Waals surface area contributed by atoms with Crippen molar-refractivity contribution < 1.29 is 8.42 Å². The van der Waals surface area contributed by atoms with Crippen molar-refractivity contribution in [3.05, 3.63) is 32.3 Å². The number of thiophene rings is 1. The van der Waals surface area contributed by atoms with Gasteiger partial charge in [-0.25, -0.2) is 13.1 Å². The minimum absolute atomic E-state index is 0.186. The summed E-state index contributed by atoms with van der Waals surface area (Å²) in [5.74, 6) is 0. The first kappa shape index (κ1) is 15.0. The molecule has 0 bridgehead atoms. The van der Waals surface area contributed by atoms with E-state index in [2.05, 4.69) is 25.8 Å². The molecule has 0 fully saturated rings. The number of rotatable bonds is 4. The maximum absolute atomic E-state index is 12.1. The van der Waals surface area contributed by atoms with Crippen LogP contribution >= 0.6 is 38.9 Å². The first-order chi connectivity index (χ1) is 8.79. The average molecular weight is 385 g/mol. The quantitative estimate of drug-likeness (QED) is 0.881. The van der Waals surface area contributed by atoms with Crippen molar-refractivity contribution in [2.45, 2.75) is 17.7 Å². The second-order valence-corrected chi connectivity index (χ2v) is 8.70. The predicted molar refractivity (Wildman–Crippen MR) is 79.0 cm³/mol. The van der Waals surface area contributed by atoms with Crippen molar-refractivity contribution in [2.24, 2.45) is 7.05 Å². The molecule has 2 aromatic rings. The van der Waals surface area contributed by atoms with Crippen LogP contribution in [0.25, 0.3) is 0 Å². The number of aromatic nitrogens is 2. The van der Waals surface area contributed by atoms with E-state index in [9.17, 15) is 8.42 Å². The standard InChI is InChI=1S/C10H11BrClN3O2S2/c1-6-7(5-15(2)14-6)4-13-19(16,17)9-3-8(12)10(11)18-9/h3,5,13H,4H2,1-2H3. The van der Waals surface area contributed by atoms with Gasteiger partial charge in [0.15, 0.2) is 0 Å². The monoisotopic (exact) mass is 383 g/mol. The van der Waals surface area contributed by atoms with Gasteiger partial charge in [-0.1, -0.05) is 11.6 Å². The normalized spacial score (nSPS) is 12.0. The lowest BCUT2D eigenvalue weighted by Crippen LogP contribution is -2.22. The van der Waals surface area contributed by atoms with E-state index in [1.54, 1.807) is 17.9 Å². The van der Waals surface area contributed by atoms with Gasteiger partial charge in [0.05, 0.1) is 14.5 Å². The Labute approximate surface area is 128 Å². The maximum Gasteiger partial charge on any atom is 0.250 e. The van der Waals surface area contributed by atoms with E-state index in [1.165, 1.54) is 6.07 Å². The molecule has 0 amide bonds. The van der Waals surface area contributed by atoms with Gasteiger partial charge < -0.3 is 0 Å². The minimum Gasteiger partial charge on any atom is -0.275 e. The highest BCUT2D eigenvalue weighted by atomic mass is 79.9. The summed E-state index contributed by atoms with van der Waals surface area (Å²) < 4.78 is 29.1. The lowest BCUT2D eigenvalue weighted by Gasteiger charge is -2.03. The number of hydrogen-bond donors (Lipinski definition) is 1. The fourth-order valence-electron chi connectivity index (χ4n) is 1.53. The van der Waals surface area contributed by atoms with Crippen LogP contribution in [-0.2, 0) is 23.6 Å². The van der Waals surface area contributed by atoms with Crippen molar-refractivity contribution in [1.29, 1.82) is 0 Å². The van der Waals surface area contributed by atoms with E-state index in [4.69, 9.17) is 11.6 Å². The Hall–Kier alpha value is -0.410. The molecular formula is C10H11BrClN3O2S2. The van der Waals surface area contributed by atoms with Crippen molar-refractivity contribution in [1.82, 2.24) is 14.5 Å². The largest absolute Gasteiger partial charge is 0.275 e. The fourth-order valence-corrected chi connectivity index (χ4v) is 4.97. The second kappa shape index (κ2) is 5.53. The van der Waals surface area contributed by atoms with E-state index in [1.807, 2.05) is 6.92 Å². The molecule has 0 unspecified atom stereocenters. The number of hydrogen-bond acceptors (Lipinski definition) is 4. The fraction of sp³-hybridized carbons (Fsp3) is 0.300. The number of halogens is 2. The van der Waals surface area contributed by atoms with Gasteiger partial charge in [-0.3, -0.25) is 4.68 Å². The van der Waals surface area contributed by atoms with Gasteiger partial charge in [0.25, 0.3) is 0 Å². The van der Waals surface area contributed by atoms with Crippen LogP contribution in [-0.4, -0.2) is 18.2 Å². The van der Waals surface area contributed by atoms with E-state index >= 15 is 0 Å². The van der Waals surface area contributed by atoms with Gasteiger partial charge in [0.2, 0.25) is 10.0 Å². The Morgan fingerprint density at radius 3 is 2.74 bits per heavy atom. The highest BCUT2D eigenvalue weighted by Gasteiger charge is 2.19. The molecule has 104 valence electrons. The van der Waals surface area contributed by atoms with Gasteiger partial charge in [0.1, 0.15) is 4.21 Å². The summed E-state index contributed by atoms with van der Waals surface area (Å²) in [6.45, 7) is 2.04. The molecule has 5 nitrogen and oxygen atoms in total. The van der Waals surface area contributed by atoms with Crippen LogP contribution in [0.1, 0.15) is 11.3 Å². The van der Waals surface area contributed by atoms with E-state index in [0.29, 0.717) is 8.81 Å². The van der Waals surface area contributed by atoms with Crippen molar-refractivity contribution in [2.75, 3.05) is 0 Å². The van der Waals surface area contributed by atoms with Crippen LogP contribution < -0.4 is 4.72 Å². The molecule has 0 saturated heterocycles. The zero-order valence-corrected chi connectivity index (χ0v) is 14.1. The third kappa shape index (κ3) is 3.38. The molecule has 0 atom stereocenters. The Balaban J connectivity index is 2.16. The van der Waals surface area contributed by atoms with Crippen LogP contribution in [0.5, 0.6) is 0 Å². The molecule has 2 heterocycles. The van der Waals surface area contributed by atoms with Crippen molar-refractivity contribution >= 4 is 48.9 Å². The smallest absolute Gasteiger partial charge is 0.250 e. The van der Waals surface area contributed by atoms with Gasteiger partial charge in [-0.15, -0.1) is 11.3 Å². The molecule has 0 aliphatic rings. The zero-order valence-electron chi connectivity index (χ0n) is 10.1. The minimum atomic E-state index is -3.55. The van der Waals surface area contributed by atoms with Gasteiger partial charge in [-0.2, -0.15) is 5.10 Å². The predicted octanol–water partition coefficient (Wildman–Crippen LogP) is 2.68. The topological polar surface area (TPSA) is 64.0 Å². The molecule has 9 heteroatoms. The molecule has 2 rings (SSSR count). The van der Waals surface area contributed by atoms with E-state index in [-0.39, 0.29) is 10.8 Å². The Kier molecular flexibility index (Phi) is 4.36. The summed E-state index contributed by atoms with van der Waals surface area (Å²) in [4.78, 5) is 0. The third-order valence-corrected chi connectivity index (χ3v) is 6.80. The first-order valence-corrected chi connectivity index (χ1v) is 8.70. The van der Waals surface area contributed by atoms with E-state index in [0.717, 1.165) is 22.6 Å². The number of nitrogens with one attached hydrogen (secondary N) is 1. The molecule has 0 saturated carbocycles.